The van der Waals surface area contributed by atoms with Crippen molar-refractivity contribution in [3.8, 4) is 0 Å². The minimum absolute atomic E-state index is 0.192. The largest absolute Gasteiger partial charge is 0.342 e. The molecule has 3 aromatic rings. The molecule has 1 atom stereocenters. The molecule has 1 aliphatic rings. The summed E-state index contributed by atoms with van der Waals surface area (Å²) in [7, 11) is -3.62. The quantitative estimate of drug-likeness (QED) is 0.675. The van der Waals surface area contributed by atoms with Gasteiger partial charge in [0, 0.05) is 24.8 Å². The highest BCUT2D eigenvalue weighted by Gasteiger charge is 2.28. The van der Waals surface area contributed by atoms with Crippen LogP contribution in [0.2, 0.25) is 0 Å². The van der Waals surface area contributed by atoms with Gasteiger partial charge in [-0.3, -0.25) is 9.20 Å². The molecule has 0 radical (unpaired) electrons. The molecule has 0 spiro atoms. The third kappa shape index (κ3) is 3.82. The minimum atomic E-state index is -3.62. The van der Waals surface area contributed by atoms with Crippen molar-refractivity contribution in [1.82, 2.24) is 24.2 Å². The molecule has 1 aliphatic heterocycles. The van der Waals surface area contributed by atoms with Gasteiger partial charge in [0.15, 0.2) is 11.5 Å². The molecule has 3 heterocycles. The van der Waals surface area contributed by atoms with E-state index in [1.54, 1.807) is 19.1 Å². The average Bonchev–Trinajstić information content (AvgIpc) is 3.19. The molecule has 8 nitrogen and oxygen atoms in total. The van der Waals surface area contributed by atoms with E-state index in [0.29, 0.717) is 35.7 Å². The van der Waals surface area contributed by atoms with Gasteiger partial charge in [0.2, 0.25) is 10.0 Å². The lowest BCUT2D eigenvalue weighted by atomic mass is 10.1. The van der Waals surface area contributed by atoms with Gasteiger partial charge < -0.3 is 5.32 Å². The van der Waals surface area contributed by atoms with Crippen LogP contribution in [0.3, 0.4) is 0 Å². The number of nitrogens with one attached hydrogen (secondary N) is 1. The van der Waals surface area contributed by atoms with Crippen LogP contribution in [0.4, 0.5) is 0 Å². The highest BCUT2D eigenvalue weighted by molar-refractivity contribution is 7.89. The van der Waals surface area contributed by atoms with Crippen molar-refractivity contribution < 1.29 is 13.2 Å². The lowest BCUT2D eigenvalue weighted by molar-refractivity contribution is 0.0938. The summed E-state index contributed by atoms with van der Waals surface area (Å²) in [5.41, 5.74) is 1.63. The topological polar surface area (TPSA) is 96.7 Å². The second kappa shape index (κ2) is 8.16. The Hall–Kier alpha value is -2.78. The Morgan fingerprint density at radius 1 is 1.10 bits per heavy atom. The van der Waals surface area contributed by atoms with Crippen molar-refractivity contribution in [2.24, 2.45) is 0 Å². The lowest BCUT2D eigenvalue weighted by Crippen LogP contribution is -2.36. The summed E-state index contributed by atoms with van der Waals surface area (Å²) < 4.78 is 29.6. The molecule has 1 saturated heterocycles. The van der Waals surface area contributed by atoms with E-state index in [1.165, 1.54) is 10.4 Å². The molecule has 1 N–H and O–H groups in total. The van der Waals surface area contributed by atoms with Crippen LogP contribution in [0.15, 0.2) is 47.5 Å². The van der Waals surface area contributed by atoms with Crippen LogP contribution in [0.5, 0.6) is 0 Å². The number of hydrogen-bond donors (Lipinski definition) is 1. The number of pyridine rings is 1. The first kappa shape index (κ1) is 20.5. The van der Waals surface area contributed by atoms with E-state index in [-0.39, 0.29) is 10.8 Å². The van der Waals surface area contributed by atoms with Crippen LogP contribution < -0.4 is 5.32 Å². The fraction of sp³-hybridized carbons (Fsp3) is 0.381. The molecule has 0 aliphatic carbocycles. The Morgan fingerprint density at radius 3 is 2.63 bits per heavy atom. The number of sulfonamides is 1. The first-order chi connectivity index (χ1) is 14.4. The lowest BCUT2D eigenvalue weighted by Gasteiger charge is -2.26. The highest BCUT2D eigenvalue weighted by Crippen LogP contribution is 2.24. The number of piperidine rings is 1. The van der Waals surface area contributed by atoms with Gasteiger partial charge >= 0.3 is 0 Å². The van der Waals surface area contributed by atoms with Gasteiger partial charge in [-0.15, -0.1) is 10.2 Å². The fourth-order valence-electron chi connectivity index (χ4n) is 3.76. The number of hydrogen-bond acceptors (Lipinski definition) is 5. The van der Waals surface area contributed by atoms with E-state index in [4.69, 9.17) is 0 Å². The van der Waals surface area contributed by atoms with Crippen molar-refractivity contribution in [3.05, 3.63) is 59.5 Å². The predicted octanol–water partition coefficient (Wildman–Crippen LogP) is 2.70. The number of benzene rings is 1. The maximum atomic E-state index is 13.1. The second-order valence-electron chi connectivity index (χ2n) is 7.63. The standard InChI is InChI=1S/C21H25N5O3S/c1-15-9-10-17(14-18(15)30(28,29)25-11-5-3-6-12-25)21(27)22-16(2)20-24-23-19-8-4-7-13-26(19)20/h4,7-10,13-14,16H,3,5-6,11-12H2,1-2H3,(H,22,27). The molecule has 1 amide bonds. The Bertz CT molecular complexity index is 1180. The van der Waals surface area contributed by atoms with E-state index in [9.17, 15) is 13.2 Å². The molecule has 1 unspecified atom stereocenters. The van der Waals surface area contributed by atoms with Gasteiger partial charge in [0.1, 0.15) is 0 Å². The molecular formula is C21H25N5O3S. The first-order valence-electron chi connectivity index (χ1n) is 10.1. The van der Waals surface area contributed by atoms with E-state index >= 15 is 0 Å². The monoisotopic (exact) mass is 427 g/mol. The van der Waals surface area contributed by atoms with Gasteiger partial charge in [-0.25, -0.2) is 8.42 Å². The SMILES string of the molecule is Cc1ccc(C(=O)NC(C)c2nnc3ccccn23)cc1S(=O)(=O)N1CCCCC1. The minimum Gasteiger partial charge on any atom is -0.342 e. The van der Waals surface area contributed by atoms with Gasteiger partial charge in [0.25, 0.3) is 5.91 Å². The Labute approximate surface area is 176 Å². The van der Waals surface area contributed by atoms with E-state index < -0.39 is 16.1 Å². The van der Waals surface area contributed by atoms with Gasteiger partial charge in [0.05, 0.1) is 10.9 Å². The van der Waals surface area contributed by atoms with E-state index in [2.05, 4.69) is 15.5 Å². The molecule has 0 saturated carbocycles. The highest BCUT2D eigenvalue weighted by atomic mass is 32.2. The molecule has 0 bridgehead atoms. The summed E-state index contributed by atoms with van der Waals surface area (Å²) in [5.74, 6) is 0.248. The van der Waals surface area contributed by atoms with Crippen LogP contribution in [0, 0.1) is 6.92 Å². The third-order valence-corrected chi connectivity index (χ3v) is 7.50. The maximum absolute atomic E-state index is 13.1. The number of fused-ring (bicyclic) bond motifs is 1. The number of amides is 1. The van der Waals surface area contributed by atoms with E-state index in [0.717, 1.165) is 19.3 Å². The summed E-state index contributed by atoms with van der Waals surface area (Å²) in [5, 5.41) is 11.2. The maximum Gasteiger partial charge on any atom is 0.251 e. The second-order valence-corrected chi connectivity index (χ2v) is 9.53. The predicted molar refractivity (Wildman–Crippen MR) is 113 cm³/mol. The van der Waals surface area contributed by atoms with Crippen LogP contribution in [-0.2, 0) is 10.0 Å². The Kier molecular flexibility index (Phi) is 5.57. The average molecular weight is 428 g/mol. The molecule has 2 aromatic heterocycles. The zero-order chi connectivity index (χ0) is 21.3. The van der Waals surface area contributed by atoms with Crippen LogP contribution >= 0.6 is 0 Å². The number of aryl methyl sites for hydroxylation is 1. The molecular weight excluding hydrogens is 402 g/mol. The van der Waals surface area contributed by atoms with Crippen LogP contribution in [0.1, 0.15) is 54.0 Å². The Morgan fingerprint density at radius 2 is 1.87 bits per heavy atom. The van der Waals surface area contributed by atoms with Crippen LogP contribution in [-0.4, -0.2) is 46.3 Å². The number of carbonyl (C=O) groups is 1. The molecule has 9 heteroatoms. The molecule has 1 aromatic carbocycles. The smallest absolute Gasteiger partial charge is 0.251 e. The molecule has 158 valence electrons. The normalized spacial score (nSPS) is 16.5. The van der Waals surface area contributed by atoms with Crippen molar-refractivity contribution in [2.75, 3.05) is 13.1 Å². The molecule has 1 fully saturated rings. The van der Waals surface area contributed by atoms with Gasteiger partial charge in [-0.1, -0.05) is 18.6 Å². The number of carbonyl (C=O) groups excluding carboxylic acids is 1. The third-order valence-electron chi connectivity index (χ3n) is 5.46. The first-order valence-corrected chi connectivity index (χ1v) is 11.5. The van der Waals surface area contributed by atoms with Crippen molar-refractivity contribution in [1.29, 1.82) is 0 Å². The Balaban J connectivity index is 1.58. The summed E-state index contributed by atoms with van der Waals surface area (Å²) in [4.78, 5) is 13.1. The van der Waals surface area contributed by atoms with Crippen molar-refractivity contribution >= 4 is 21.6 Å². The van der Waals surface area contributed by atoms with Crippen LogP contribution in [0.25, 0.3) is 5.65 Å². The summed E-state index contributed by atoms with van der Waals surface area (Å²) in [6.07, 6.45) is 4.61. The van der Waals surface area contributed by atoms with E-state index in [1.807, 2.05) is 35.7 Å². The number of rotatable bonds is 5. The summed E-state index contributed by atoms with van der Waals surface area (Å²) >= 11 is 0. The zero-order valence-electron chi connectivity index (χ0n) is 17.1. The molecule has 30 heavy (non-hydrogen) atoms. The number of aromatic nitrogens is 3. The number of nitrogens with zero attached hydrogens (tertiary/aromatic N) is 4. The molecule has 4 rings (SSSR count). The summed E-state index contributed by atoms with van der Waals surface area (Å²) in [6, 6.07) is 9.97. The van der Waals surface area contributed by atoms with Gasteiger partial charge in [-0.05, 0) is 56.5 Å². The van der Waals surface area contributed by atoms with Crippen molar-refractivity contribution in [2.45, 2.75) is 44.0 Å². The fourth-order valence-corrected chi connectivity index (χ4v) is 5.53. The zero-order valence-corrected chi connectivity index (χ0v) is 17.9. The van der Waals surface area contributed by atoms with Crippen molar-refractivity contribution in [3.63, 3.8) is 0 Å². The summed E-state index contributed by atoms with van der Waals surface area (Å²) in [6.45, 7) is 4.62. The van der Waals surface area contributed by atoms with Gasteiger partial charge in [-0.2, -0.15) is 4.31 Å².